The van der Waals surface area contributed by atoms with Crippen molar-refractivity contribution in [3.8, 4) is 0 Å². The van der Waals surface area contributed by atoms with Crippen LogP contribution in [-0.2, 0) is 4.79 Å². The molecule has 0 saturated carbocycles. The molecule has 0 bridgehead atoms. The zero-order valence-corrected chi connectivity index (χ0v) is 12.7. The summed E-state index contributed by atoms with van der Waals surface area (Å²) in [7, 11) is 0. The summed E-state index contributed by atoms with van der Waals surface area (Å²) in [5.41, 5.74) is 0. The van der Waals surface area contributed by atoms with Gasteiger partial charge in [-0.25, -0.2) is 0 Å². The van der Waals surface area contributed by atoms with Gasteiger partial charge in [0.1, 0.15) is 0 Å². The van der Waals surface area contributed by atoms with Crippen molar-refractivity contribution in [2.24, 2.45) is 0 Å². The van der Waals surface area contributed by atoms with Gasteiger partial charge in [0.15, 0.2) is 5.78 Å². The Morgan fingerprint density at radius 2 is 1.79 bits per heavy atom. The number of nitrogens with zero attached hydrogens (tertiary/aromatic N) is 1. The molecular weight excluding hydrogens is 234 g/mol. The van der Waals surface area contributed by atoms with Gasteiger partial charge in [0.25, 0.3) is 0 Å². The number of carbonyl (C=O) groups is 1. The van der Waals surface area contributed by atoms with Crippen LogP contribution in [0.2, 0.25) is 0 Å². The van der Waals surface area contributed by atoms with Crippen molar-refractivity contribution >= 4 is 5.78 Å². The Morgan fingerprint density at radius 1 is 1.16 bits per heavy atom. The molecule has 2 nitrogen and oxygen atoms in total. The molecule has 0 aromatic rings. The van der Waals surface area contributed by atoms with E-state index in [1.54, 1.807) is 0 Å². The van der Waals surface area contributed by atoms with Crippen LogP contribution >= 0.6 is 0 Å². The predicted octanol–water partition coefficient (Wildman–Crippen LogP) is 4.35. The first-order chi connectivity index (χ1) is 9.29. The summed E-state index contributed by atoms with van der Waals surface area (Å²) in [4.78, 5) is 14.1. The van der Waals surface area contributed by atoms with Gasteiger partial charge in [-0.15, -0.1) is 0 Å². The van der Waals surface area contributed by atoms with Gasteiger partial charge in [-0.05, 0) is 38.4 Å². The average Bonchev–Trinajstić information content (AvgIpc) is 2.89. The maximum atomic E-state index is 11.7. The summed E-state index contributed by atoms with van der Waals surface area (Å²) in [5, 5.41) is 0. The fourth-order valence-electron chi connectivity index (χ4n) is 3.00. The highest BCUT2D eigenvalue weighted by Crippen LogP contribution is 2.19. The van der Waals surface area contributed by atoms with Gasteiger partial charge in [0, 0.05) is 0 Å². The Hall–Kier alpha value is -0.630. The van der Waals surface area contributed by atoms with Gasteiger partial charge in [-0.2, -0.15) is 0 Å². The summed E-state index contributed by atoms with van der Waals surface area (Å²) < 4.78 is 0. The maximum Gasteiger partial charge on any atom is 0.172 e. The Balaban J connectivity index is 2.02. The molecule has 1 unspecified atom stereocenters. The van der Waals surface area contributed by atoms with Crippen LogP contribution < -0.4 is 0 Å². The second-order valence-corrected chi connectivity index (χ2v) is 5.78. The van der Waals surface area contributed by atoms with E-state index in [0.717, 1.165) is 19.5 Å². The highest BCUT2D eigenvalue weighted by Gasteiger charge is 2.27. The fraction of sp³-hybridized carbons (Fsp3) is 0.824. The molecule has 0 spiro atoms. The molecule has 110 valence electrons. The fourth-order valence-corrected chi connectivity index (χ4v) is 3.00. The molecule has 0 N–H and O–H groups in total. The number of carbonyl (C=O) groups excluding carboxylic acids is 1. The summed E-state index contributed by atoms with van der Waals surface area (Å²) in [6.45, 7) is 8.06. The largest absolute Gasteiger partial charge is 0.293 e. The summed E-state index contributed by atoms with van der Waals surface area (Å²) in [6, 6.07) is 0.141. The smallest absolute Gasteiger partial charge is 0.172 e. The lowest BCUT2D eigenvalue weighted by molar-refractivity contribution is -0.118. The van der Waals surface area contributed by atoms with Crippen molar-refractivity contribution in [2.45, 2.75) is 77.2 Å². The van der Waals surface area contributed by atoms with Gasteiger partial charge >= 0.3 is 0 Å². The highest BCUT2D eigenvalue weighted by molar-refractivity contribution is 5.93. The number of hydrogen-bond acceptors (Lipinski definition) is 2. The van der Waals surface area contributed by atoms with Crippen molar-refractivity contribution in [1.82, 2.24) is 4.90 Å². The van der Waals surface area contributed by atoms with Crippen molar-refractivity contribution in [2.75, 3.05) is 13.1 Å². The Kier molecular flexibility index (Phi) is 8.81. The Morgan fingerprint density at radius 3 is 2.42 bits per heavy atom. The van der Waals surface area contributed by atoms with E-state index in [9.17, 15) is 4.79 Å². The molecule has 1 aliphatic rings. The van der Waals surface area contributed by atoms with E-state index in [-0.39, 0.29) is 11.8 Å². The van der Waals surface area contributed by atoms with Crippen LogP contribution in [-0.4, -0.2) is 29.8 Å². The van der Waals surface area contributed by atoms with Crippen LogP contribution in [0.3, 0.4) is 0 Å². The van der Waals surface area contributed by atoms with Crippen molar-refractivity contribution < 1.29 is 4.79 Å². The average molecular weight is 265 g/mol. The summed E-state index contributed by atoms with van der Waals surface area (Å²) >= 11 is 0. The number of rotatable bonds is 11. The first-order valence-corrected chi connectivity index (χ1v) is 8.20. The van der Waals surface area contributed by atoms with Crippen LogP contribution in [0.15, 0.2) is 12.7 Å². The van der Waals surface area contributed by atoms with E-state index >= 15 is 0 Å². The molecule has 0 aromatic heterocycles. The van der Waals surface area contributed by atoms with Gasteiger partial charge in [0.2, 0.25) is 0 Å². The summed E-state index contributed by atoms with van der Waals surface area (Å²) in [5.74, 6) is 0.220. The van der Waals surface area contributed by atoms with E-state index < -0.39 is 0 Å². The quantitative estimate of drug-likeness (QED) is 0.409. The van der Waals surface area contributed by atoms with Gasteiger partial charge in [0.05, 0.1) is 6.04 Å². The van der Waals surface area contributed by atoms with Crippen molar-refractivity contribution in [3.05, 3.63) is 12.7 Å². The lowest BCUT2D eigenvalue weighted by Gasteiger charge is -2.22. The molecular formula is C17H31NO. The molecule has 1 rings (SSSR count). The third kappa shape index (κ3) is 6.38. The van der Waals surface area contributed by atoms with E-state index in [0.29, 0.717) is 0 Å². The number of ketones is 1. The van der Waals surface area contributed by atoms with E-state index in [1.807, 2.05) is 0 Å². The van der Waals surface area contributed by atoms with Gasteiger partial charge in [-0.1, -0.05) is 58.4 Å². The molecule has 0 aromatic carbocycles. The minimum absolute atomic E-state index is 0.141. The molecule has 1 aliphatic heterocycles. The van der Waals surface area contributed by atoms with E-state index in [1.165, 1.54) is 63.9 Å². The number of hydrogen-bond donors (Lipinski definition) is 0. The minimum atomic E-state index is 0.141. The standard InChI is InChI=1S/C17H31NO/c1-3-5-6-7-8-9-10-11-14-18-15-12-13-16(18)17(19)4-2/h4,16H,2-3,5-15H2,1H3. The molecule has 0 radical (unpaired) electrons. The van der Waals surface area contributed by atoms with Crippen molar-refractivity contribution in [1.29, 1.82) is 0 Å². The minimum Gasteiger partial charge on any atom is -0.293 e. The maximum absolute atomic E-state index is 11.7. The predicted molar refractivity (Wildman–Crippen MR) is 82.4 cm³/mol. The van der Waals surface area contributed by atoms with Crippen molar-refractivity contribution in [3.63, 3.8) is 0 Å². The van der Waals surface area contributed by atoms with Crippen LogP contribution in [0.25, 0.3) is 0 Å². The molecule has 0 aliphatic carbocycles. The first kappa shape index (κ1) is 16.4. The lowest BCUT2D eigenvalue weighted by atomic mass is 10.1. The molecule has 1 atom stereocenters. The Bertz CT molecular complexity index is 262. The first-order valence-electron chi connectivity index (χ1n) is 8.20. The number of likely N-dealkylation sites (tertiary alicyclic amines) is 1. The third-order valence-electron chi connectivity index (χ3n) is 4.19. The topological polar surface area (TPSA) is 20.3 Å². The Labute approximate surface area is 119 Å². The molecule has 1 fully saturated rings. The number of unbranched alkanes of at least 4 members (excludes halogenated alkanes) is 7. The molecule has 1 heterocycles. The molecule has 0 amide bonds. The monoisotopic (exact) mass is 265 g/mol. The van der Waals surface area contributed by atoms with Crippen LogP contribution in [0.1, 0.15) is 71.1 Å². The van der Waals surface area contributed by atoms with E-state index in [2.05, 4.69) is 18.4 Å². The zero-order valence-electron chi connectivity index (χ0n) is 12.7. The lowest BCUT2D eigenvalue weighted by Crippen LogP contribution is -2.35. The van der Waals surface area contributed by atoms with Crippen LogP contribution in [0, 0.1) is 0 Å². The SMILES string of the molecule is C=CC(=O)C1CCCN1CCCCCCCCCC. The zero-order chi connectivity index (χ0) is 13.9. The van der Waals surface area contributed by atoms with E-state index in [4.69, 9.17) is 0 Å². The molecule has 2 heteroatoms. The van der Waals surface area contributed by atoms with Crippen LogP contribution in [0.5, 0.6) is 0 Å². The van der Waals surface area contributed by atoms with Crippen LogP contribution in [0.4, 0.5) is 0 Å². The second-order valence-electron chi connectivity index (χ2n) is 5.78. The summed E-state index contributed by atoms with van der Waals surface area (Å²) in [6.07, 6.45) is 14.5. The van der Waals surface area contributed by atoms with Gasteiger partial charge < -0.3 is 0 Å². The molecule has 19 heavy (non-hydrogen) atoms. The normalized spacial score (nSPS) is 19.7. The molecule has 1 saturated heterocycles. The highest BCUT2D eigenvalue weighted by atomic mass is 16.1. The second kappa shape index (κ2) is 10.2. The van der Waals surface area contributed by atoms with Gasteiger partial charge in [-0.3, -0.25) is 9.69 Å². The third-order valence-corrected chi connectivity index (χ3v) is 4.19.